The fraction of sp³-hybridized carbons (Fsp3) is 0.923. The van der Waals surface area contributed by atoms with Gasteiger partial charge in [0.05, 0.1) is 0 Å². The molecule has 2 N–H and O–H groups in total. The Labute approximate surface area is 98.6 Å². The predicted molar refractivity (Wildman–Crippen MR) is 65.4 cm³/mol. The molecular weight excluding hydrogens is 202 g/mol. The maximum absolute atomic E-state index is 11.0. The Morgan fingerprint density at radius 2 is 2.00 bits per heavy atom. The van der Waals surface area contributed by atoms with Gasteiger partial charge in [-0.3, -0.25) is 4.79 Å². The molecule has 0 aromatic carbocycles. The number of hydrogen-bond donors (Lipinski definition) is 2. The molecule has 0 radical (unpaired) electrons. The quantitative estimate of drug-likeness (QED) is 0.759. The molecule has 0 bridgehead atoms. The molecule has 0 heterocycles. The predicted octanol–water partition coefficient (Wildman–Crippen LogP) is 2.65. The van der Waals surface area contributed by atoms with Gasteiger partial charge in [-0.1, -0.05) is 33.6 Å². The van der Waals surface area contributed by atoms with Crippen molar-refractivity contribution in [1.29, 1.82) is 0 Å². The van der Waals surface area contributed by atoms with Crippen LogP contribution in [0.4, 0.5) is 0 Å². The van der Waals surface area contributed by atoms with Crippen LogP contribution in [0.2, 0.25) is 0 Å². The van der Waals surface area contributed by atoms with Crippen LogP contribution in [-0.2, 0) is 4.79 Å². The number of carboxylic acids is 1. The summed E-state index contributed by atoms with van der Waals surface area (Å²) in [5.41, 5.74) is 0. The SMILES string of the molecule is CCC(NC1CCCCC1C(C)C)C(=O)O. The molecule has 1 aliphatic rings. The first-order valence-corrected chi connectivity index (χ1v) is 6.55. The smallest absolute Gasteiger partial charge is 0.320 e. The van der Waals surface area contributed by atoms with Gasteiger partial charge in [-0.15, -0.1) is 0 Å². The van der Waals surface area contributed by atoms with Crippen molar-refractivity contribution in [3.8, 4) is 0 Å². The largest absolute Gasteiger partial charge is 0.480 e. The summed E-state index contributed by atoms with van der Waals surface area (Å²) >= 11 is 0. The molecule has 0 aliphatic heterocycles. The van der Waals surface area contributed by atoms with Gasteiger partial charge >= 0.3 is 5.97 Å². The van der Waals surface area contributed by atoms with Crippen LogP contribution in [-0.4, -0.2) is 23.2 Å². The molecule has 94 valence electrons. The number of aliphatic carboxylic acids is 1. The summed E-state index contributed by atoms with van der Waals surface area (Å²) in [5.74, 6) is 0.571. The Bertz CT molecular complexity index is 228. The lowest BCUT2D eigenvalue weighted by atomic mass is 9.77. The number of carboxylic acid groups (broad SMARTS) is 1. The van der Waals surface area contributed by atoms with Crippen molar-refractivity contribution in [3.63, 3.8) is 0 Å². The van der Waals surface area contributed by atoms with Crippen molar-refractivity contribution < 1.29 is 9.90 Å². The van der Waals surface area contributed by atoms with E-state index in [2.05, 4.69) is 19.2 Å². The molecule has 1 aliphatic carbocycles. The first-order valence-electron chi connectivity index (χ1n) is 6.55. The summed E-state index contributed by atoms with van der Waals surface area (Å²) in [7, 11) is 0. The number of hydrogen-bond acceptors (Lipinski definition) is 2. The molecule has 0 spiro atoms. The zero-order valence-electron chi connectivity index (χ0n) is 10.7. The minimum absolute atomic E-state index is 0.371. The highest BCUT2D eigenvalue weighted by molar-refractivity contribution is 5.73. The van der Waals surface area contributed by atoms with Gasteiger partial charge < -0.3 is 10.4 Å². The second kappa shape index (κ2) is 6.24. The Kier molecular flexibility index (Phi) is 5.26. The Hall–Kier alpha value is -0.570. The standard InChI is InChI=1S/C13H25NO2/c1-4-11(13(15)16)14-12-8-6-5-7-10(12)9(2)3/h9-12,14H,4-8H2,1-3H3,(H,15,16). The highest BCUT2D eigenvalue weighted by Crippen LogP contribution is 2.30. The number of carbonyl (C=O) groups is 1. The molecule has 1 saturated carbocycles. The van der Waals surface area contributed by atoms with Crippen LogP contribution < -0.4 is 5.32 Å². The average Bonchev–Trinajstić information content (AvgIpc) is 2.25. The van der Waals surface area contributed by atoms with Gasteiger partial charge in [0.2, 0.25) is 0 Å². The van der Waals surface area contributed by atoms with E-state index in [9.17, 15) is 4.79 Å². The minimum Gasteiger partial charge on any atom is -0.480 e. The molecule has 0 saturated heterocycles. The summed E-state index contributed by atoms with van der Waals surface area (Å²) in [5, 5.41) is 12.4. The molecule has 3 unspecified atom stereocenters. The molecule has 1 fully saturated rings. The van der Waals surface area contributed by atoms with Crippen molar-refractivity contribution >= 4 is 5.97 Å². The Morgan fingerprint density at radius 1 is 1.38 bits per heavy atom. The van der Waals surface area contributed by atoms with E-state index in [1.807, 2.05) is 6.92 Å². The van der Waals surface area contributed by atoms with Crippen LogP contribution in [0.25, 0.3) is 0 Å². The lowest BCUT2D eigenvalue weighted by molar-refractivity contribution is -0.140. The highest BCUT2D eigenvalue weighted by atomic mass is 16.4. The Balaban J connectivity index is 2.58. The second-order valence-electron chi connectivity index (χ2n) is 5.26. The van der Waals surface area contributed by atoms with Crippen LogP contribution in [0.15, 0.2) is 0 Å². The summed E-state index contributed by atoms with van der Waals surface area (Å²) < 4.78 is 0. The summed E-state index contributed by atoms with van der Waals surface area (Å²) in [6.45, 7) is 6.41. The van der Waals surface area contributed by atoms with Crippen molar-refractivity contribution in [2.75, 3.05) is 0 Å². The first kappa shape index (κ1) is 13.5. The topological polar surface area (TPSA) is 49.3 Å². The molecule has 16 heavy (non-hydrogen) atoms. The maximum Gasteiger partial charge on any atom is 0.320 e. The Morgan fingerprint density at radius 3 is 2.50 bits per heavy atom. The van der Waals surface area contributed by atoms with E-state index >= 15 is 0 Å². The van der Waals surface area contributed by atoms with E-state index in [4.69, 9.17) is 5.11 Å². The van der Waals surface area contributed by atoms with Crippen molar-refractivity contribution in [2.45, 2.75) is 65.0 Å². The third-order valence-electron chi connectivity index (χ3n) is 3.80. The average molecular weight is 227 g/mol. The first-order chi connectivity index (χ1) is 7.56. The molecule has 3 heteroatoms. The third kappa shape index (κ3) is 3.48. The maximum atomic E-state index is 11.0. The van der Waals surface area contributed by atoms with E-state index in [1.165, 1.54) is 19.3 Å². The molecule has 1 rings (SSSR count). The highest BCUT2D eigenvalue weighted by Gasteiger charge is 2.30. The lowest BCUT2D eigenvalue weighted by Gasteiger charge is -2.36. The molecule has 3 nitrogen and oxygen atoms in total. The number of nitrogens with one attached hydrogen (secondary N) is 1. The van der Waals surface area contributed by atoms with Crippen molar-refractivity contribution in [2.24, 2.45) is 11.8 Å². The second-order valence-corrected chi connectivity index (χ2v) is 5.26. The van der Waals surface area contributed by atoms with Gasteiger partial charge in [-0.2, -0.15) is 0 Å². The van der Waals surface area contributed by atoms with Crippen LogP contribution in [0.5, 0.6) is 0 Å². The summed E-state index contributed by atoms with van der Waals surface area (Å²) in [6, 6.07) is 0.0270. The van der Waals surface area contributed by atoms with Crippen LogP contribution in [0.3, 0.4) is 0 Å². The van der Waals surface area contributed by atoms with E-state index < -0.39 is 5.97 Å². The lowest BCUT2D eigenvalue weighted by Crippen LogP contribution is -2.48. The summed E-state index contributed by atoms with van der Waals surface area (Å²) in [6.07, 6.45) is 5.57. The van der Waals surface area contributed by atoms with E-state index in [0.29, 0.717) is 24.3 Å². The van der Waals surface area contributed by atoms with E-state index in [0.717, 1.165) is 6.42 Å². The molecule has 0 aromatic heterocycles. The van der Waals surface area contributed by atoms with Crippen LogP contribution in [0, 0.1) is 11.8 Å². The fourth-order valence-corrected chi connectivity index (χ4v) is 2.79. The van der Waals surface area contributed by atoms with Crippen LogP contribution in [0.1, 0.15) is 52.9 Å². The molecular formula is C13H25NO2. The fourth-order valence-electron chi connectivity index (χ4n) is 2.79. The third-order valence-corrected chi connectivity index (χ3v) is 3.80. The van der Waals surface area contributed by atoms with Gasteiger partial charge in [-0.05, 0) is 31.1 Å². The number of rotatable bonds is 5. The van der Waals surface area contributed by atoms with E-state index in [1.54, 1.807) is 0 Å². The van der Waals surface area contributed by atoms with Gasteiger partial charge in [-0.25, -0.2) is 0 Å². The summed E-state index contributed by atoms with van der Waals surface area (Å²) in [4.78, 5) is 11.0. The molecule has 0 amide bonds. The van der Waals surface area contributed by atoms with Crippen molar-refractivity contribution in [3.05, 3.63) is 0 Å². The van der Waals surface area contributed by atoms with Gasteiger partial charge in [0, 0.05) is 6.04 Å². The van der Waals surface area contributed by atoms with E-state index in [-0.39, 0.29) is 6.04 Å². The normalized spacial score (nSPS) is 28.0. The van der Waals surface area contributed by atoms with Crippen LogP contribution >= 0.6 is 0 Å². The van der Waals surface area contributed by atoms with Crippen molar-refractivity contribution in [1.82, 2.24) is 5.32 Å². The monoisotopic (exact) mass is 227 g/mol. The molecule has 3 atom stereocenters. The zero-order chi connectivity index (χ0) is 12.1. The van der Waals surface area contributed by atoms with Gasteiger partial charge in [0.1, 0.15) is 6.04 Å². The minimum atomic E-state index is -0.712. The molecule has 0 aromatic rings. The zero-order valence-corrected chi connectivity index (χ0v) is 10.7. The van der Waals surface area contributed by atoms with Gasteiger partial charge in [0.25, 0.3) is 0 Å². The van der Waals surface area contributed by atoms with Gasteiger partial charge in [0.15, 0.2) is 0 Å².